The van der Waals surface area contributed by atoms with E-state index in [0.717, 1.165) is 64.8 Å². The predicted octanol–water partition coefficient (Wildman–Crippen LogP) is 4.67. The van der Waals surface area contributed by atoms with E-state index in [4.69, 9.17) is 10.2 Å². The first kappa shape index (κ1) is 70.5. The summed E-state index contributed by atoms with van der Waals surface area (Å²) in [5.41, 5.74) is 3.11. The third kappa shape index (κ3) is 16.4. The number of Topliss-reactive ketones (excluding diaryl/α,β-unsaturated/α-hetero) is 4. The Labute approximate surface area is 523 Å². The van der Waals surface area contributed by atoms with Gasteiger partial charge in [-0.05, 0) is 102 Å². The number of urea groups is 2. The second kappa shape index (κ2) is 27.1. The van der Waals surface area contributed by atoms with Crippen molar-refractivity contribution in [3.63, 3.8) is 0 Å². The number of amides is 10. The van der Waals surface area contributed by atoms with Crippen LogP contribution in [0, 0.1) is 69.0 Å². The van der Waals surface area contributed by atoms with Crippen LogP contribution in [-0.2, 0) is 43.2 Å². The fourth-order valence-electron chi connectivity index (χ4n) is 13.9. The van der Waals surface area contributed by atoms with Crippen molar-refractivity contribution in [3.05, 3.63) is 18.4 Å². The lowest BCUT2D eigenvalue weighted by atomic mass is 9.81. The van der Waals surface area contributed by atoms with E-state index in [1.54, 1.807) is 55.4 Å². The van der Waals surface area contributed by atoms with Crippen molar-refractivity contribution in [2.24, 2.45) is 74.7 Å². The van der Waals surface area contributed by atoms with Gasteiger partial charge in [-0.15, -0.1) is 0 Å². The van der Waals surface area contributed by atoms with Crippen LogP contribution in [0.4, 0.5) is 22.8 Å². The van der Waals surface area contributed by atoms with Crippen LogP contribution in [-0.4, -0.2) is 160 Å². The second-order valence-corrected chi connectivity index (χ2v) is 29.7. The molecule has 5 aliphatic carbocycles. The van der Waals surface area contributed by atoms with Gasteiger partial charge >= 0.3 is 18.2 Å². The maximum Gasteiger partial charge on any atom is 0.389 e. The number of likely N-dealkylation sites (N-methyl/N-ethyl adjacent to an activating group) is 1. The Morgan fingerprint density at radius 2 is 1.16 bits per heavy atom. The maximum absolute atomic E-state index is 14.2. The number of fused-ring (bicyclic) bond motifs is 2. The molecule has 12 atom stereocenters. The summed E-state index contributed by atoms with van der Waals surface area (Å²) in [6.45, 7) is 22.6. The Balaban J connectivity index is 0.000000257. The number of carbonyl (C=O) groups is 12. The van der Waals surface area contributed by atoms with Gasteiger partial charge in [-0.2, -0.15) is 13.2 Å². The summed E-state index contributed by atoms with van der Waals surface area (Å²) in [5.74, 6) is -7.92. The molecule has 10 amide bonds. The zero-order valence-corrected chi connectivity index (χ0v) is 54.2. The van der Waals surface area contributed by atoms with Crippen molar-refractivity contribution in [2.45, 2.75) is 215 Å². The molecular formula is C63H94F3N11O13. The van der Waals surface area contributed by atoms with Crippen molar-refractivity contribution < 1.29 is 75.1 Å². The molecule has 0 aromatic carbocycles. The summed E-state index contributed by atoms with van der Waals surface area (Å²) in [7, 11) is 1.16. The minimum absolute atomic E-state index is 0.0233. The van der Waals surface area contributed by atoms with E-state index in [-0.39, 0.29) is 76.4 Å². The number of primary amides is 1. The van der Waals surface area contributed by atoms with Crippen molar-refractivity contribution >= 4 is 70.6 Å². The predicted molar refractivity (Wildman–Crippen MR) is 320 cm³/mol. The highest BCUT2D eigenvalue weighted by molar-refractivity contribution is 6.38. The van der Waals surface area contributed by atoms with E-state index in [0.29, 0.717) is 13.0 Å². The zero-order chi connectivity index (χ0) is 67.1. The minimum atomic E-state index is -4.63. The van der Waals surface area contributed by atoms with Crippen LogP contribution >= 0.6 is 0 Å². The van der Waals surface area contributed by atoms with Crippen molar-refractivity contribution in [1.29, 1.82) is 0 Å². The van der Waals surface area contributed by atoms with Crippen molar-refractivity contribution in [1.82, 2.24) is 52.0 Å². The molecule has 7 aliphatic rings. The zero-order valence-electron chi connectivity index (χ0n) is 54.2. The molecule has 3 heterocycles. The van der Waals surface area contributed by atoms with E-state index >= 15 is 0 Å². The number of ketones is 4. The summed E-state index contributed by atoms with van der Waals surface area (Å²) in [4.78, 5) is 164. The summed E-state index contributed by atoms with van der Waals surface area (Å²) in [6, 6.07) is -9.97. The molecule has 2 unspecified atom stereocenters. The number of alkyl halides is 3. The maximum atomic E-state index is 14.2. The molecule has 1 aromatic heterocycles. The highest BCUT2D eigenvalue weighted by atomic mass is 19.4. The number of aromatic nitrogens is 1. The topological polar surface area (TPSA) is 348 Å². The number of nitrogens with one attached hydrogen (secondary N) is 7. The molecule has 0 spiro atoms. The largest absolute Gasteiger partial charge is 0.442 e. The number of nitrogens with zero attached hydrogens (tertiary/aromatic N) is 3. The van der Waals surface area contributed by atoms with Crippen LogP contribution in [0.15, 0.2) is 16.9 Å². The molecule has 2 aliphatic heterocycles. The molecule has 24 nitrogen and oxygen atoms in total. The van der Waals surface area contributed by atoms with E-state index in [9.17, 15) is 70.7 Å². The number of hydrogen-bond donors (Lipinski definition) is 8. The summed E-state index contributed by atoms with van der Waals surface area (Å²) in [6.07, 6.45) is 4.20. The highest BCUT2D eigenvalue weighted by Crippen LogP contribution is 2.66. The van der Waals surface area contributed by atoms with Gasteiger partial charge in [0.05, 0.1) is 24.3 Å². The molecule has 27 heteroatoms. The lowest BCUT2D eigenvalue weighted by molar-refractivity contribution is -0.148. The molecule has 5 saturated carbocycles. The third-order valence-corrected chi connectivity index (χ3v) is 19.8. The Morgan fingerprint density at radius 1 is 0.667 bits per heavy atom. The Morgan fingerprint density at radius 3 is 1.57 bits per heavy atom. The molecule has 0 bridgehead atoms. The van der Waals surface area contributed by atoms with Gasteiger partial charge in [0, 0.05) is 32.5 Å². The molecule has 1 aromatic rings. The standard InChI is InChI=1S/C33H50F3N5O6.C30H44N6O7/c1-31(2,3)26(40-30(47)39-22(24(42)18-12-13-18)17-10-8-7-9-11-17)29(46)41-16-19-21(32(19,4)5)23(41)27(44)38-20(14-15-33(34,35)36)25(43)28(45)37-6;1-14(2)19(22(38)26-32-10-11-43-26)34-28(42)35-23(29(3,4)5)27(41)36-13-16-18(30(16,6)7)20(36)25(40)33-17(12-15-8-9-15)21(37)24(31)39/h17-23,26H,7-16H2,1-6H3,(H,37,45)(H,38,44)(H2,39,40,47);10-11,14-20,23H,8-9,12-13H2,1-7H3,(H2,31,39)(H,33,40)(H2,34,35,42)/t19-,20?,21-,22-,23-,26+;16-,17?,18-,19-,20-,23+/m00/s1. The van der Waals surface area contributed by atoms with Crippen LogP contribution in [0.3, 0.4) is 0 Å². The van der Waals surface area contributed by atoms with Gasteiger partial charge in [-0.1, -0.05) is 115 Å². The average Bonchev–Trinajstić information content (AvgIpc) is 1.53. The number of hydrogen-bond acceptors (Lipinski definition) is 14. The monoisotopic (exact) mass is 1270 g/mol. The highest BCUT2D eigenvalue weighted by Gasteiger charge is 2.71. The van der Waals surface area contributed by atoms with Gasteiger partial charge in [-0.25, -0.2) is 14.6 Å². The molecule has 8 rings (SSSR count). The van der Waals surface area contributed by atoms with Gasteiger partial charge < -0.3 is 57.2 Å². The summed E-state index contributed by atoms with van der Waals surface area (Å²) in [5, 5.41) is 18.3. The summed E-state index contributed by atoms with van der Waals surface area (Å²) >= 11 is 0. The Hall–Kier alpha value is -6.96. The van der Waals surface area contributed by atoms with Crippen LogP contribution in [0.1, 0.15) is 171 Å². The minimum Gasteiger partial charge on any atom is -0.442 e. The molecule has 500 valence electrons. The fraction of sp³-hybridized carbons (Fsp3) is 0.762. The van der Waals surface area contributed by atoms with Crippen LogP contribution in [0.5, 0.6) is 0 Å². The van der Waals surface area contributed by atoms with Crippen LogP contribution < -0.4 is 43.0 Å². The van der Waals surface area contributed by atoms with E-state index < -0.39 is 143 Å². The smallest absolute Gasteiger partial charge is 0.389 e. The summed E-state index contributed by atoms with van der Waals surface area (Å²) < 4.78 is 44.4. The quantitative estimate of drug-likeness (QED) is 0.0515. The van der Waals surface area contributed by atoms with Crippen LogP contribution in [0.2, 0.25) is 0 Å². The van der Waals surface area contributed by atoms with Gasteiger partial charge in [0.25, 0.3) is 17.7 Å². The lowest BCUT2D eigenvalue weighted by Crippen LogP contribution is -2.62. The first-order valence-electron chi connectivity index (χ1n) is 31.7. The first-order chi connectivity index (χ1) is 41.7. The normalized spacial score (nSPS) is 25.2. The van der Waals surface area contributed by atoms with Crippen LogP contribution in [0.25, 0.3) is 0 Å². The molecular weight excluding hydrogens is 1180 g/mol. The van der Waals surface area contributed by atoms with E-state index in [2.05, 4.69) is 42.2 Å². The Kier molecular flexibility index (Phi) is 21.2. The number of rotatable bonds is 24. The third-order valence-electron chi connectivity index (χ3n) is 19.8. The van der Waals surface area contributed by atoms with Gasteiger partial charge in [-0.3, -0.25) is 47.9 Å². The number of carbonyl (C=O) groups excluding carboxylic acids is 12. The van der Waals surface area contributed by atoms with E-state index in [1.807, 2.05) is 27.7 Å². The number of piperidine rings is 2. The SMILES string of the molecule is CC(C)[C@H](NC(=O)N[C@H](C(=O)N1C[C@H]2[C@@H]([C@H]1C(=O)NC(CC1CC1)C(=O)C(N)=O)C2(C)C)C(C)(C)C)C(=O)c1ncco1.CNC(=O)C(=O)C(CCC(F)(F)F)NC(=O)[C@@H]1[C@@H]2[C@H](CN1C(=O)[C@@H](NC(=O)N[C@H](C(=O)C1CC1)C1CCCCC1)C(C)(C)C)C2(C)C. The second-order valence-electron chi connectivity index (χ2n) is 29.7. The average molecular weight is 1270 g/mol. The first-order valence-corrected chi connectivity index (χ1v) is 31.7. The lowest BCUT2D eigenvalue weighted by Gasteiger charge is -2.38. The fourth-order valence-corrected chi connectivity index (χ4v) is 13.9. The molecule has 2 saturated heterocycles. The van der Waals surface area contributed by atoms with Crippen molar-refractivity contribution in [3.8, 4) is 0 Å². The number of oxazole rings is 1. The molecule has 90 heavy (non-hydrogen) atoms. The van der Waals surface area contributed by atoms with E-state index in [1.165, 1.54) is 22.3 Å². The number of halogens is 3. The molecule has 7 fully saturated rings. The van der Waals surface area contributed by atoms with Gasteiger partial charge in [0.2, 0.25) is 41.0 Å². The number of nitrogens with two attached hydrogens (primary N) is 1. The Bertz CT molecular complexity index is 2920. The van der Waals surface area contributed by atoms with Crippen molar-refractivity contribution in [2.75, 3.05) is 20.1 Å². The number of likely N-dealkylation sites (tertiary alicyclic amines) is 2. The van der Waals surface area contributed by atoms with Gasteiger partial charge in [0.15, 0.2) is 5.78 Å². The van der Waals surface area contributed by atoms with Gasteiger partial charge in [0.1, 0.15) is 36.5 Å². The molecule has 9 N–H and O–H groups in total. The molecule has 0 radical (unpaired) electrons.